The molecule has 0 aliphatic carbocycles. The fourth-order valence-corrected chi connectivity index (χ4v) is 2.79. The Balaban J connectivity index is 2.01. The number of anilines is 1. The molecule has 1 heterocycles. The first-order valence-electron chi connectivity index (χ1n) is 6.52. The van der Waals surface area contributed by atoms with E-state index in [1.165, 1.54) is 0 Å². The average molecular weight is 377 g/mol. The second kappa shape index (κ2) is 7.34. The zero-order valence-electron chi connectivity index (χ0n) is 11.1. The van der Waals surface area contributed by atoms with Gasteiger partial charge in [-0.25, -0.2) is 4.98 Å². The number of unbranched alkanes of at least 4 members (excludes halogenated alkanes) is 1. The molecule has 108 valence electrons. The lowest BCUT2D eigenvalue weighted by molar-refractivity contribution is 0.760. The van der Waals surface area contributed by atoms with E-state index in [0.29, 0.717) is 16.7 Å². The summed E-state index contributed by atoms with van der Waals surface area (Å²) in [5.41, 5.74) is 1.76. The maximum atomic E-state index is 6.16. The van der Waals surface area contributed by atoms with Crippen molar-refractivity contribution in [3.8, 4) is 0 Å². The van der Waals surface area contributed by atoms with Gasteiger partial charge in [-0.2, -0.15) is 0 Å². The van der Waals surface area contributed by atoms with Crippen LogP contribution in [0.15, 0.2) is 22.7 Å². The summed E-state index contributed by atoms with van der Waals surface area (Å²) in [6, 6.07) is 5.72. The second-order valence-corrected chi connectivity index (χ2v) is 6.22. The van der Waals surface area contributed by atoms with Gasteiger partial charge in [0.2, 0.25) is 0 Å². The Morgan fingerprint density at radius 1 is 1.35 bits per heavy atom. The summed E-state index contributed by atoms with van der Waals surface area (Å²) < 4.78 is 0.953. The van der Waals surface area contributed by atoms with Gasteiger partial charge in [0.05, 0.1) is 22.9 Å². The molecule has 0 amide bonds. The van der Waals surface area contributed by atoms with Gasteiger partial charge in [-0.3, -0.25) is 0 Å². The number of nitrogens with zero attached hydrogens (tertiary/aromatic N) is 1. The van der Waals surface area contributed by atoms with Crippen LogP contribution in [0, 0.1) is 0 Å². The van der Waals surface area contributed by atoms with Gasteiger partial charge in [-0.05, 0) is 24.6 Å². The highest BCUT2D eigenvalue weighted by Gasteiger charge is 2.08. The Kier molecular flexibility index (Phi) is 5.75. The number of rotatable bonds is 6. The van der Waals surface area contributed by atoms with E-state index in [4.69, 9.17) is 23.2 Å². The van der Waals surface area contributed by atoms with Crippen LogP contribution in [0.5, 0.6) is 0 Å². The van der Waals surface area contributed by atoms with Gasteiger partial charge in [-0.1, -0.05) is 52.5 Å². The van der Waals surface area contributed by atoms with Gasteiger partial charge < -0.3 is 10.3 Å². The van der Waals surface area contributed by atoms with Crippen molar-refractivity contribution in [2.45, 2.75) is 32.7 Å². The van der Waals surface area contributed by atoms with Gasteiger partial charge in [0.15, 0.2) is 5.15 Å². The quantitative estimate of drug-likeness (QED) is 0.705. The highest BCUT2D eigenvalue weighted by molar-refractivity contribution is 9.10. The maximum absolute atomic E-state index is 6.16. The SMILES string of the molecule is CCCCc1nc(Cl)c(CNc2ccc(Br)cc2Cl)[nH]1. The van der Waals surface area contributed by atoms with Crippen LogP contribution >= 0.6 is 39.1 Å². The third kappa shape index (κ3) is 4.14. The molecule has 0 bridgehead atoms. The molecule has 1 aromatic carbocycles. The van der Waals surface area contributed by atoms with Crippen molar-refractivity contribution in [1.82, 2.24) is 9.97 Å². The van der Waals surface area contributed by atoms with Crippen molar-refractivity contribution in [3.05, 3.63) is 44.4 Å². The normalized spacial score (nSPS) is 10.8. The monoisotopic (exact) mass is 375 g/mol. The molecule has 0 aliphatic rings. The molecule has 0 saturated heterocycles. The highest BCUT2D eigenvalue weighted by atomic mass is 79.9. The Hall–Kier alpha value is -0.710. The van der Waals surface area contributed by atoms with E-state index >= 15 is 0 Å². The van der Waals surface area contributed by atoms with Gasteiger partial charge >= 0.3 is 0 Å². The molecule has 0 unspecified atom stereocenters. The summed E-state index contributed by atoms with van der Waals surface area (Å²) in [5.74, 6) is 0.940. The van der Waals surface area contributed by atoms with Crippen molar-refractivity contribution in [2.24, 2.45) is 0 Å². The number of imidazole rings is 1. The predicted octanol–water partition coefficient (Wildman–Crippen LogP) is 5.43. The van der Waals surface area contributed by atoms with Gasteiger partial charge in [0.1, 0.15) is 5.82 Å². The molecule has 1 aromatic heterocycles. The van der Waals surface area contributed by atoms with Crippen molar-refractivity contribution >= 4 is 44.8 Å². The third-order valence-electron chi connectivity index (χ3n) is 2.93. The zero-order valence-corrected chi connectivity index (χ0v) is 14.2. The van der Waals surface area contributed by atoms with E-state index in [9.17, 15) is 0 Å². The van der Waals surface area contributed by atoms with E-state index in [1.807, 2.05) is 18.2 Å². The molecule has 3 nitrogen and oxygen atoms in total. The van der Waals surface area contributed by atoms with Crippen LogP contribution < -0.4 is 5.32 Å². The van der Waals surface area contributed by atoms with E-state index < -0.39 is 0 Å². The summed E-state index contributed by atoms with van der Waals surface area (Å²) in [4.78, 5) is 7.59. The van der Waals surface area contributed by atoms with Crippen molar-refractivity contribution in [2.75, 3.05) is 5.32 Å². The molecule has 2 rings (SSSR count). The summed E-state index contributed by atoms with van der Waals surface area (Å²) in [6.07, 6.45) is 3.17. The summed E-state index contributed by atoms with van der Waals surface area (Å²) in [5, 5.41) is 4.45. The fraction of sp³-hybridized carbons (Fsp3) is 0.357. The first kappa shape index (κ1) is 15.7. The van der Waals surface area contributed by atoms with Gasteiger partial charge in [0, 0.05) is 10.9 Å². The van der Waals surface area contributed by atoms with Crippen LogP contribution in [0.1, 0.15) is 31.3 Å². The fourth-order valence-electron chi connectivity index (χ4n) is 1.84. The molecular formula is C14H16BrCl2N3. The van der Waals surface area contributed by atoms with Crippen LogP contribution in [0.2, 0.25) is 10.2 Å². The van der Waals surface area contributed by atoms with E-state index in [2.05, 4.69) is 38.1 Å². The van der Waals surface area contributed by atoms with Crippen LogP contribution in [-0.2, 0) is 13.0 Å². The number of aryl methyl sites for hydroxylation is 1. The maximum Gasteiger partial charge on any atom is 0.152 e. The lowest BCUT2D eigenvalue weighted by Crippen LogP contribution is -2.01. The second-order valence-electron chi connectivity index (χ2n) is 4.53. The van der Waals surface area contributed by atoms with Crippen LogP contribution in [0.25, 0.3) is 0 Å². The number of hydrogen-bond acceptors (Lipinski definition) is 2. The number of nitrogens with one attached hydrogen (secondary N) is 2. The highest BCUT2D eigenvalue weighted by Crippen LogP contribution is 2.26. The Labute approximate surface area is 137 Å². The first-order chi connectivity index (χ1) is 9.60. The van der Waals surface area contributed by atoms with Crippen LogP contribution in [0.4, 0.5) is 5.69 Å². The Morgan fingerprint density at radius 3 is 2.85 bits per heavy atom. The standard InChI is InChI=1S/C14H16BrCl2N3/c1-2-3-4-13-19-12(14(17)20-13)8-18-11-6-5-9(15)7-10(11)16/h5-7,18H,2-4,8H2,1H3,(H,19,20). The molecule has 0 fully saturated rings. The number of hydrogen-bond donors (Lipinski definition) is 2. The third-order valence-corrected chi connectivity index (χ3v) is 4.05. The molecule has 20 heavy (non-hydrogen) atoms. The minimum atomic E-state index is 0.525. The smallest absolute Gasteiger partial charge is 0.152 e. The van der Waals surface area contributed by atoms with E-state index in [-0.39, 0.29) is 0 Å². The summed E-state index contributed by atoms with van der Waals surface area (Å²) >= 11 is 15.7. The van der Waals surface area contributed by atoms with E-state index in [0.717, 1.165) is 40.9 Å². The molecule has 0 spiro atoms. The Morgan fingerprint density at radius 2 is 2.15 bits per heavy atom. The minimum absolute atomic E-state index is 0.525. The number of benzene rings is 1. The van der Waals surface area contributed by atoms with Gasteiger partial charge in [0.25, 0.3) is 0 Å². The molecule has 2 aromatic rings. The number of halogens is 3. The van der Waals surface area contributed by atoms with Crippen LogP contribution in [0.3, 0.4) is 0 Å². The van der Waals surface area contributed by atoms with Crippen molar-refractivity contribution < 1.29 is 0 Å². The zero-order chi connectivity index (χ0) is 14.5. The number of aromatic amines is 1. The molecule has 0 atom stereocenters. The molecule has 6 heteroatoms. The Bertz CT molecular complexity index is 584. The van der Waals surface area contributed by atoms with Crippen molar-refractivity contribution in [1.29, 1.82) is 0 Å². The first-order valence-corrected chi connectivity index (χ1v) is 8.07. The largest absolute Gasteiger partial charge is 0.378 e. The minimum Gasteiger partial charge on any atom is -0.378 e. The van der Waals surface area contributed by atoms with E-state index in [1.54, 1.807) is 0 Å². The molecule has 0 radical (unpaired) electrons. The summed E-state index contributed by atoms with van der Waals surface area (Å²) in [7, 11) is 0. The molecule has 0 saturated carbocycles. The lowest BCUT2D eigenvalue weighted by atomic mass is 10.2. The van der Waals surface area contributed by atoms with Crippen LogP contribution in [-0.4, -0.2) is 9.97 Å². The lowest BCUT2D eigenvalue weighted by Gasteiger charge is -2.07. The molecular weight excluding hydrogens is 361 g/mol. The molecule has 0 aliphatic heterocycles. The number of H-pyrrole nitrogens is 1. The molecule has 2 N–H and O–H groups in total. The topological polar surface area (TPSA) is 40.7 Å². The predicted molar refractivity (Wildman–Crippen MR) is 88.7 cm³/mol. The van der Waals surface area contributed by atoms with Gasteiger partial charge in [-0.15, -0.1) is 0 Å². The summed E-state index contributed by atoms with van der Waals surface area (Å²) in [6.45, 7) is 2.72. The number of aromatic nitrogens is 2. The van der Waals surface area contributed by atoms with Crippen molar-refractivity contribution in [3.63, 3.8) is 0 Å². The average Bonchev–Trinajstić information content (AvgIpc) is 2.76.